The standard InChI is InChI=1S/C12H14N4O6/c17-12(14-6-4-13-5-7-14)22-8-9-10(15(18)19)2-1-3-11(9)16(20)21/h1-3,13H,4-8H2. The second-order valence-electron chi connectivity index (χ2n) is 4.58. The molecule has 0 radical (unpaired) electrons. The lowest BCUT2D eigenvalue weighted by molar-refractivity contribution is -0.396. The number of benzene rings is 1. The first-order valence-electron chi connectivity index (χ1n) is 6.54. The van der Waals surface area contributed by atoms with Crippen LogP contribution in [0.25, 0.3) is 0 Å². The first kappa shape index (κ1) is 15.6. The van der Waals surface area contributed by atoms with Gasteiger partial charge >= 0.3 is 6.09 Å². The maximum absolute atomic E-state index is 11.9. The second kappa shape index (κ2) is 6.80. The van der Waals surface area contributed by atoms with Crippen LogP contribution in [0.2, 0.25) is 0 Å². The molecule has 1 N–H and O–H groups in total. The highest BCUT2D eigenvalue weighted by molar-refractivity contribution is 5.68. The van der Waals surface area contributed by atoms with Gasteiger partial charge in [0.25, 0.3) is 11.4 Å². The lowest BCUT2D eigenvalue weighted by atomic mass is 10.1. The molecule has 0 aliphatic carbocycles. The number of piperazine rings is 1. The van der Waals surface area contributed by atoms with Crippen LogP contribution in [-0.2, 0) is 11.3 Å². The largest absolute Gasteiger partial charge is 0.444 e. The van der Waals surface area contributed by atoms with E-state index in [1.165, 1.54) is 11.0 Å². The summed E-state index contributed by atoms with van der Waals surface area (Å²) in [6.07, 6.45) is -0.644. The summed E-state index contributed by atoms with van der Waals surface area (Å²) in [6.45, 7) is 1.65. The molecule has 118 valence electrons. The van der Waals surface area contributed by atoms with E-state index >= 15 is 0 Å². The van der Waals surface area contributed by atoms with Crippen LogP contribution in [-0.4, -0.2) is 47.0 Å². The molecular weight excluding hydrogens is 296 g/mol. The van der Waals surface area contributed by atoms with Crippen LogP contribution in [0.15, 0.2) is 18.2 Å². The molecule has 0 bridgehead atoms. The van der Waals surface area contributed by atoms with Gasteiger partial charge in [0.2, 0.25) is 0 Å². The van der Waals surface area contributed by atoms with E-state index in [1.807, 2.05) is 0 Å². The van der Waals surface area contributed by atoms with Gasteiger partial charge in [-0.05, 0) is 6.07 Å². The van der Waals surface area contributed by atoms with Crippen molar-refractivity contribution in [2.24, 2.45) is 0 Å². The first-order chi connectivity index (χ1) is 10.5. The number of nitrogens with zero attached hydrogens (tertiary/aromatic N) is 3. The fourth-order valence-corrected chi connectivity index (χ4v) is 2.13. The van der Waals surface area contributed by atoms with Crippen molar-refractivity contribution in [2.75, 3.05) is 26.2 Å². The molecule has 1 aromatic rings. The normalized spacial score (nSPS) is 14.5. The number of ether oxygens (including phenoxy) is 1. The average Bonchev–Trinajstić information content (AvgIpc) is 2.52. The predicted molar refractivity (Wildman–Crippen MR) is 74.4 cm³/mol. The molecule has 0 aromatic heterocycles. The maximum atomic E-state index is 11.9. The van der Waals surface area contributed by atoms with Crippen LogP contribution in [0.3, 0.4) is 0 Å². The monoisotopic (exact) mass is 310 g/mol. The molecule has 2 rings (SSSR count). The van der Waals surface area contributed by atoms with Gasteiger partial charge in [0.15, 0.2) is 0 Å². The Hall–Kier alpha value is -2.75. The summed E-state index contributed by atoms with van der Waals surface area (Å²) in [5.41, 5.74) is -1.11. The summed E-state index contributed by atoms with van der Waals surface area (Å²) in [4.78, 5) is 33.8. The van der Waals surface area contributed by atoms with E-state index in [2.05, 4.69) is 5.32 Å². The Morgan fingerprint density at radius 3 is 2.23 bits per heavy atom. The highest BCUT2D eigenvalue weighted by Crippen LogP contribution is 2.28. The fourth-order valence-electron chi connectivity index (χ4n) is 2.13. The van der Waals surface area contributed by atoms with Crippen molar-refractivity contribution >= 4 is 17.5 Å². The minimum Gasteiger partial charge on any atom is -0.444 e. The van der Waals surface area contributed by atoms with Crippen molar-refractivity contribution in [2.45, 2.75) is 6.61 Å². The van der Waals surface area contributed by atoms with Crippen LogP contribution >= 0.6 is 0 Å². The SMILES string of the molecule is O=C(OCc1c([N+](=O)[O-])cccc1[N+](=O)[O-])N1CCNCC1. The zero-order valence-electron chi connectivity index (χ0n) is 11.6. The molecule has 0 unspecified atom stereocenters. The van der Waals surface area contributed by atoms with Gasteiger partial charge in [-0.25, -0.2) is 4.79 Å². The highest BCUT2D eigenvalue weighted by Gasteiger charge is 2.26. The summed E-state index contributed by atoms with van der Waals surface area (Å²) in [5, 5.41) is 25.0. The van der Waals surface area contributed by atoms with Crippen LogP contribution in [0.5, 0.6) is 0 Å². The number of hydrogen-bond acceptors (Lipinski definition) is 7. The molecule has 10 nitrogen and oxygen atoms in total. The van der Waals surface area contributed by atoms with E-state index in [9.17, 15) is 25.0 Å². The Kier molecular flexibility index (Phi) is 4.84. The highest BCUT2D eigenvalue weighted by atomic mass is 16.6. The van der Waals surface area contributed by atoms with Crippen LogP contribution < -0.4 is 5.32 Å². The number of rotatable bonds is 4. The molecule has 1 amide bonds. The Morgan fingerprint density at radius 2 is 1.73 bits per heavy atom. The molecular formula is C12H14N4O6. The Morgan fingerprint density at radius 1 is 1.18 bits per heavy atom. The van der Waals surface area contributed by atoms with Crippen molar-refractivity contribution < 1.29 is 19.4 Å². The minimum absolute atomic E-state index is 0.221. The zero-order valence-corrected chi connectivity index (χ0v) is 11.6. The van der Waals surface area contributed by atoms with Crippen LogP contribution in [0, 0.1) is 20.2 Å². The van der Waals surface area contributed by atoms with Gasteiger partial charge in [-0.1, -0.05) is 0 Å². The topological polar surface area (TPSA) is 128 Å². The fraction of sp³-hybridized carbons (Fsp3) is 0.417. The molecule has 1 fully saturated rings. The van der Waals surface area contributed by atoms with Gasteiger partial charge in [-0.15, -0.1) is 0 Å². The Balaban J connectivity index is 2.15. The summed E-state index contributed by atoms with van der Waals surface area (Å²) < 4.78 is 5.00. The van der Waals surface area contributed by atoms with Crippen LogP contribution in [0.4, 0.5) is 16.2 Å². The quantitative estimate of drug-likeness (QED) is 0.650. The molecule has 0 spiro atoms. The van der Waals surface area contributed by atoms with Gasteiger partial charge in [0, 0.05) is 38.3 Å². The van der Waals surface area contributed by atoms with E-state index in [4.69, 9.17) is 4.74 Å². The third-order valence-corrected chi connectivity index (χ3v) is 3.24. The smallest absolute Gasteiger partial charge is 0.410 e. The maximum Gasteiger partial charge on any atom is 0.410 e. The number of hydrogen-bond donors (Lipinski definition) is 1. The van der Waals surface area contributed by atoms with Gasteiger partial charge in [-0.3, -0.25) is 20.2 Å². The van der Waals surface area contributed by atoms with E-state index in [0.29, 0.717) is 26.2 Å². The lowest BCUT2D eigenvalue weighted by Crippen LogP contribution is -2.46. The van der Waals surface area contributed by atoms with Gasteiger partial charge in [0.05, 0.1) is 9.85 Å². The molecule has 1 heterocycles. The molecule has 1 aliphatic rings. The lowest BCUT2D eigenvalue weighted by Gasteiger charge is -2.26. The first-order valence-corrected chi connectivity index (χ1v) is 6.54. The number of nitrogens with one attached hydrogen (secondary N) is 1. The molecule has 0 saturated carbocycles. The molecule has 10 heteroatoms. The van der Waals surface area contributed by atoms with Crippen molar-refractivity contribution in [3.63, 3.8) is 0 Å². The molecule has 1 aromatic carbocycles. The second-order valence-corrected chi connectivity index (χ2v) is 4.58. The van der Waals surface area contributed by atoms with E-state index in [0.717, 1.165) is 12.1 Å². The summed E-state index contributed by atoms with van der Waals surface area (Å²) in [5.74, 6) is 0. The summed E-state index contributed by atoms with van der Waals surface area (Å²) in [7, 11) is 0. The van der Waals surface area contributed by atoms with Gasteiger partial charge < -0.3 is 15.0 Å². The molecule has 0 atom stereocenters. The van der Waals surface area contributed by atoms with Gasteiger partial charge in [-0.2, -0.15) is 0 Å². The average molecular weight is 310 g/mol. The van der Waals surface area contributed by atoms with E-state index in [-0.39, 0.29) is 5.56 Å². The molecule has 1 saturated heterocycles. The number of amides is 1. The molecule has 22 heavy (non-hydrogen) atoms. The minimum atomic E-state index is -0.735. The van der Waals surface area contributed by atoms with E-state index < -0.39 is 33.9 Å². The number of nitro benzene ring substituents is 2. The third-order valence-electron chi connectivity index (χ3n) is 3.24. The molecule has 1 aliphatic heterocycles. The zero-order chi connectivity index (χ0) is 16.1. The summed E-state index contributed by atoms with van der Waals surface area (Å²) in [6, 6.07) is 3.50. The van der Waals surface area contributed by atoms with Crippen LogP contribution in [0.1, 0.15) is 5.56 Å². The van der Waals surface area contributed by atoms with E-state index in [1.54, 1.807) is 0 Å². The predicted octanol–water partition coefficient (Wildman–Crippen LogP) is 1.04. The van der Waals surface area contributed by atoms with Crippen molar-refractivity contribution in [3.8, 4) is 0 Å². The Labute approximate surface area is 125 Å². The third kappa shape index (κ3) is 3.47. The summed E-state index contributed by atoms with van der Waals surface area (Å²) >= 11 is 0. The number of carbonyl (C=O) groups excluding carboxylic acids is 1. The number of nitro groups is 2. The van der Waals surface area contributed by atoms with Crippen molar-refractivity contribution in [1.29, 1.82) is 0 Å². The van der Waals surface area contributed by atoms with Crippen molar-refractivity contribution in [3.05, 3.63) is 44.0 Å². The number of carbonyl (C=O) groups is 1. The van der Waals surface area contributed by atoms with Crippen molar-refractivity contribution in [1.82, 2.24) is 10.2 Å². The Bertz CT molecular complexity index is 567. The van der Waals surface area contributed by atoms with Gasteiger partial charge in [0.1, 0.15) is 12.2 Å².